The smallest absolute Gasteiger partial charge is 0.324 e. The summed E-state index contributed by atoms with van der Waals surface area (Å²) in [4.78, 5) is 25.0. The predicted octanol–water partition coefficient (Wildman–Crippen LogP) is 1.11. The van der Waals surface area contributed by atoms with Gasteiger partial charge in [-0.05, 0) is 24.6 Å². The van der Waals surface area contributed by atoms with Crippen molar-refractivity contribution >= 4 is 11.9 Å². The molecule has 1 spiro atoms. The van der Waals surface area contributed by atoms with E-state index in [-0.39, 0.29) is 17.9 Å². The number of carbonyl (C=O) groups is 2. The number of hydrogen-bond acceptors (Lipinski definition) is 4. The van der Waals surface area contributed by atoms with Crippen molar-refractivity contribution in [2.75, 3.05) is 21.3 Å². The number of likely N-dealkylation sites (N-methyl/N-ethyl adjacent to an activating group) is 1. The Labute approximate surface area is 116 Å². The van der Waals surface area contributed by atoms with Gasteiger partial charge in [-0.3, -0.25) is 9.69 Å². The van der Waals surface area contributed by atoms with E-state index in [0.717, 1.165) is 10.5 Å². The largest absolute Gasteiger partial charge is 0.497 e. The van der Waals surface area contributed by atoms with Crippen LogP contribution < -0.4 is 14.8 Å². The van der Waals surface area contributed by atoms with Crippen molar-refractivity contribution < 1.29 is 19.1 Å². The van der Waals surface area contributed by atoms with Gasteiger partial charge in [-0.2, -0.15) is 0 Å². The molecular formula is C14H16N2O4. The molecule has 2 atom stereocenters. The van der Waals surface area contributed by atoms with E-state index in [1.807, 2.05) is 12.1 Å². The maximum Gasteiger partial charge on any atom is 0.324 e. The summed E-state index contributed by atoms with van der Waals surface area (Å²) in [5.74, 6) is 1.14. The lowest BCUT2D eigenvalue weighted by molar-refractivity contribution is -0.127. The second kappa shape index (κ2) is 4.13. The molecule has 1 heterocycles. The zero-order valence-electron chi connectivity index (χ0n) is 11.6. The molecule has 0 aromatic heterocycles. The van der Waals surface area contributed by atoms with E-state index in [2.05, 4.69) is 5.32 Å². The monoisotopic (exact) mass is 276 g/mol. The van der Waals surface area contributed by atoms with Crippen LogP contribution in [0.5, 0.6) is 11.5 Å². The van der Waals surface area contributed by atoms with Crippen LogP contribution in [0.1, 0.15) is 17.9 Å². The molecule has 1 aliphatic heterocycles. The van der Waals surface area contributed by atoms with E-state index in [9.17, 15) is 9.59 Å². The average molecular weight is 276 g/mol. The second-order valence-electron chi connectivity index (χ2n) is 5.13. The van der Waals surface area contributed by atoms with Crippen LogP contribution in [0.4, 0.5) is 4.79 Å². The summed E-state index contributed by atoms with van der Waals surface area (Å²) in [6.07, 6.45) is 0.589. The number of methoxy groups -OCH3 is 2. The molecule has 1 saturated heterocycles. The lowest BCUT2D eigenvalue weighted by atomic mass is 10.0. The highest BCUT2D eigenvalue weighted by molar-refractivity contribution is 6.09. The molecule has 1 aromatic rings. The van der Waals surface area contributed by atoms with Crippen molar-refractivity contribution in [1.29, 1.82) is 0 Å². The molecule has 2 fully saturated rings. The Balaban J connectivity index is 1.97. The van der Waals surface area contributed by atoms with Gasteiger partial charge >= 0.3 is 6.03 Å². The van der Waals surface area contributed by atoms with Gasteiger partial charge in [0.05, 0.1) is 14.2 Å². The van der Waals surface area contributed by atoms with Crippen LogP contribution in [0, 0.1) is 0 Å². The third-order valence-electron chi connectivity index (χ3n) is 4.09. The standard InChI is InChI=1S/C14H16N2O4/c1-16-12(17)14(15-13(16)18)7-10(14)9-6-8(19-2)4-5-11(9)20-3/h4-6,10H,7H2,1-3H3,(H,15,18). The zero-order chi connectivity index (χ0) is 14.5. The lowest BCUT2D eigenvalue weighted by Gasteiger charge is -2.12. The maximum absolute atomic E-state index is 12.2. The zero-order valence-corrected chi connectivity index (χ0v) is 11.6. The summed E-state index contributed by atoms with van der Waals surface area (Å²) in [7, 11) is 4.66. The normalized spacial score (nSPS) is 27.8. The Morgan fingerprint density at radius 3 is 2.60 bits per heavy atom. The molecule has 1 saturated carbocycles. The Morgan fingerprint density at radius 1 is 1.30 bits per heavy atom. The Kier molecular flexibility index (Phi) is 2.64. The second-order valence-corrected chi connectivity index (χ2v) is 5.13. The lowest BCUT2D eigenvalue weighted by Crippen LogP contribution is -2.33. The molecule has 1 aromatic carbocycles. The van der Waals surface area contributed by atoms with Gasteiger partial charge in [-0.25, -0.2) is 4.79 Å². The molecule has 0 radical (unpaired) electrons. The van der Waals surface area contributed by atoms with Crippen LogP contribution in [0.2, 0.25) is 0 Å². The van der Waals surface area contributed by atoms with Gasteiger partial charge in [0.1, 0.15) is 17.0 Å². The highest BCUT2D eigenvalue weighted by Gasteiger charge is 2.67. The molecule has 0 bridgehead atoms. The van der Waals surface area contributed by atoms with Crippen LogP contribution in [0.3, 0.4) is 0 Å². The third-order valence-corrected chi connectivity index (χ3v) is 4.09. The number of amides is 3. The van der Waals surface area contributed by atoms with Crippen molar-refractivity contribution in [3.8, 4) is 11.5 Å². The van der Waals surface area contributed by atoms with E-state index >= 15 is 0 Å². The quantitative estimate of drug-likeness (QED) is 0.840. The van der Waals surface area contributed by atoms with Crippen LogP contribution in [-0.2, 0) is 4.79 Å². The summed E-state index contributed by atoms with van der Waals surface area (Å²) >= 11 is 0. The minimum absolute atomic E-state index is 0.0750. The average Bonchev–Trinajstić information content (AvgIpc) is 3.15. The Hall–Kier alpha value is -2.24. The summed E-state index contributed by atoms with van der Waals surface area (Å²) in [6.45, 7) is 0. The van der Waals surface area contributed by atoms with Crippen molar-refractivity contribution in [3.05, 3.63) is 23.8 Å². The number of imide groups is 1. The highest BCUT2D eigenvalue weighted by Crippen LogP contribution is 2.56. The topological polar surface area (TPSA) is 67.9 Å². The van der Waals surface area contributed by atoms with Crippen LogP contribution in [0.25, 0.3) is 0 Å². The van der Waals surface area contributed by atoms with Crippen LogP contribution in [-0.4, -0.2) is 43.6 Å². The Bertz CT molecular complexity index is 601. The summed E-state index contributed by atoms with van der Waals surface area (Å²) in [5, 5.41) is 2.78. The molecule has 3 rings (SSSR count). The molecule has 6 heteroatoms. The number of nitrogens with one attached hydrogen (secondary N) is 1. The van der Waals surface area contributed by atoms with E-state index in [0.29, 0.717) is 17.9 Å². The van der Waals surface area contributed by atoms with Crippen molar-refractivity contribution in [1.82, 2.24) is 10.2 Å². The number of urea groups is 1. The summed E-state index contributed by atoms with van der Waals surface area (Å²) in [6, 6.07) is 5.12. The van der Waals surface area contributed by atoms with Gasteiger partial charge in [0.25, 0.3) is 5.91 Å². The fraction of sp³-hybridized carbons (Fsp3) is 0.429. The SMILES string of the molecule is COc1ccc(OC)c(C2CC23NC(=O)N(C)C3=O)c1. The fourth-order valence-corrected chi connectivity index (χ4v) is 2.84. The first-order valence-corrected chi connectivity index (χ1v) is 6.35. The Morgan fingerprint density at radius 2 is 2.05 bits per heavy atom. The number of ether oxygens (including phenoxy) is 2. The number of carbonyl (C=O) groups excluding carboxylic acids is 2. The molecule has 3 amide bonds. The minimum atomic E-state index is -0.800. The van der Waals surface area contributed by atoms with Gasteiger partial charge in [0.2, 0.25) is 0 Å². The molecule has 1 aliphatic carbocycles. The molecule has 6 nitrogen and oxygen atoms in total. The van der Waals surface area contributed by atoms with Crippen molar-refractivity contribution in [2.45, 2.75) is 17.9 Å². The number of rotatable bonds is 3. The fourth-order valence-electron chi connectivity index (χ4n) is 2.84. The van der Waals surface area contributed by atoms with Crippen molar-refractivity contribution in [2.24, 2.45) is 0 Å². The van der Waals surface area contributed by atoms with E-state index in [1.54, 1.807) is 20.3 Å². The molecule has 20 heavy (non-hydrogen) atoms. The molecule has 2 unspecified atom stereocenters. The van der Waals surface area contributed by atoms with Gasteiger partial charge in [-0.1, -0.05) is 0 Å². The summed E-state index contributed by atoms with van der Waals surface area (Å²) < 4.78 is 10.6. The highest BCUT2D eigenvalue weighted by atomic mass is 16.5. The molecular weight excluding hydrogens is 260 g/mol. The first kappa shape index (κ1) is 12.8. The minimum Gasteiger partial charge on any atom is -0.497 e. The van der Waals surface area contributed by atoms with Crippen molar-refractivity contribution in [3.63, 3.8) is 0 Å². The van der Waals surface area contributed by atoms with Gasteiger partial charge < -0.3 is 14.8 Å². The van der Waals surface area contributed by atoms with Gasteiger partial charge in [0.15, 0.2) is 0 Å². The molecule has 2 aliphatic rings. The number of hydrogen-bond donors (Lipinski definition) is 1. The molecule has 1 N–H and O–H groups in total. The van der Waals surface area contributed by atoms with E-state index in [4.69, 9.17) is 9.47 Å². The summed E-state index contributed by atoms with van der Waals surface area (Å²) in [5.41, 5.74) is 0.0849. The van der Waals surface area contributed by atoms with E-state index in [1.165, 1.54) is 7.05 Å². The van der Waals surface area contributed by atoms with Gasteiger partial charge in [-0.15, -0.1) is 0 Å². The number of nitrogens with zero attached hydrogens (tertiary/aromatic N) is 1. The third kappa shape index (κ3) is 1.57. The van der Waals surface area contributed by atoms with Crippen LogP contribution in [0.15, 0.2) is 18.2 Å². The molecule has 106 valence electrons. The predicted molar refractivity (Wildman–Crippen MR) is 70.9 cm³/mol. The first-order valence-electron chi connectivity index (χ1n) is 6.35. The maximum atomic E-state index is 12.2. The van der Waals surface area contributed by atoms with E-state index < -0.39 is 5.54 Å². The van der Waals surface area contributed by atoms with Crippen LogP contribution >= 0.6 is 0 Å². The van der Waals surface area contributed by atoms with Gasteiger partial charge in [0, 0.05) is 18.5 Å². The first-order chi connectivity index (χ1) is 9.53. The number of benzene rings is 1.